The second-order valence-electron chi connectivity index (χ2n) is 8.99. The first kappa shape index (κ1) is 26.0. The van der Waals surface area contributed by atoms with Gasteiger partial charge in [0.1, 0.15) is 17.3 Å². The molecular formula is C23H24ClF3N4O5. The summed E-state index contributed by atoms with van der Waals surface area (Å²) >= 11 is 5.64. The molecule has 9 nitrogen and oxygen atoms in total. The Balaban J connectivity index is 1.26. The van der Waals surface area contributed by atoms with Crippen molar-refractivity contribution in [2.24, 2.45) is 0 Å². The van der Waals surface area contributed by atoms with E-state index in [-0.39, 0.29) is 29.7 Å². The van der Waals surface area contributed by atoms with Crippen molar-refractivity contribution in [1.29, 1.82) is 0 Å². The van der Waals surface area contributed by atoms with E-state index in [0.29, 0.717) is 25.7 Å². The third kappa shape index (κ3) is 5.81. The van der Waals surface area contributed by atoms with Crippen LogP contribution in [0.5, 0.6) is 11.6 Å². The first-order valence-corrected chi connectivity index (χ1v) is 11.6. The summed E-state index contributed by atoms with van der Waals surface area (Å²) < 4.78 is 49.2. The molecule has 1 aromatic carbocycles. The third-order valence-electron chi connectivity index (χ3n) is 6.60. The topological polar surface area (TPSA) is 123 Å². The molecule has 3 aliphatic rings. The minimum Gasteiger partial charge on any atom is -0.484 e. The first-order valence-electron chi connectivity index (χ1n) is 11.2. The van der Waals surface area contributed by atoms with Gasteiger partial charge in [0.15, 0.2) is 13.2 Å². The van der Waals surface area contributed by atoms with E-state index in [1.54, 1.807) is 0 Å². The van der Waals surface area contributed by atoms with E-state index in [2.05, 4.69) is 20.6 Å². The zero-order valence-corrected chi connectivity index (χ0v) is 19.7. The number of alkyl halides is 2. The van der Waals surface area contributed by atoms with Crippen LogP contribution in [0.4, 0.5) is 13.2 Å². The second-order valence-corrected chi connectivity index (χ2v) is 9.39. The highest BCUT2D eigenvalue weighted by Gasteiger charge is 2.55. The number of rotatable bonds is 9. The lowest BCUT2D eigenvalue weighted by Gasteiger charge is -2.56. The highest BCUT2D eigenvalue weighted by Crippen LogP contribution is 2.47. The number of aliphatic hydroxyl groups is 1. The SMILES string of the molecule is O=C(COc1ccc(Cl)c(F)c1)NC12CCC(NC(=O)COc3cnc(C(F)F)cn3)(CC1)[C@@H](O)C2. The third-order valence-corrected chi connectivity index (χ3v) is 6.90. The molecule has 5 rings (SSSR count). The van der Waals surface area contributed by atoms with Crippen molar-refractivity contribution in [3.05, 3.63) is 47.1 Å². The van der Waals surface area contributed by atoms with E-state index in [0.717, 1.165) is 18.5 Å². The molecule has 2 bridgehead atoms. The van der Waals surface area contributed by atoms with Crippen molar-refractivity contribution in [3.8, 4) is 11.6 Å². The molecule has 3 fully saturated rings. The minimum atomic E-state index is -2.76. The van der Waals surface area contributed by atoms with Crippen molar-refractivity contribution < 1.29 is 37.3 Å². The predicted molar refractivity (Wildman–Crippen MR) is 120 cm³/mol. The number of fused-ring (bicyclic) bond motifs is 3. The maximum Gasteiger partial charge on any atom is 0.281 e. The summed E-state index contributed by atoms with van der Waals surface area (Å²) in [6.45, 7) is -0.763. The standard InChI is InChI=1S/C23H24ClF3N4O5/c24-14-2-1-13(7-15(14)25)35-11-18(33)30-22-3-5-23(6-4-22,17(32)8-22)31-19(34)12-36-20-10-28-16(9-29-20)21(26)27/h1-2,7,9-10,17,21,32H,3-6,8,11-12H2,(H,30,33)(H,31,34)/t17-,22?,23?/m0/s1. The zero-order valence-electron chi connectivity index (χ0n) is 19.0. The molecule has 0 aliphatic heterocycles. The number of aromatic nitrogens is 2. The molecule has 2 amide bonds. The molecule has 1 atom stereocenters. The molecule has 3 N–H and O–H groups in total. The Kier molecular flexibility index (Phi) is 7.55. The van der Waals surface area contributed by atoms with E-state index in [9.17, 15) is 27.9 Å². The number of hydrogen-bond donors (Lipinski definition) is 3. The Morgan fingerprint density at radius 3 is 2.39 bits per heavy atom. The fourth-order valence-corrected chi connectivity index (χ4v) is 4.79. The zero-order chi connectivity index (χ0) is 25.9. The molecule has 3 aliphatic carbocycles. The number of nitrogens with zero attached hydrogens (tertiary/aromatic N) is 2. The summed E-state index contributed by atoms with van der Waals surface area (Å²) in [5.74, 6) is -1.49. The van der Waals surface area contributed by atoms with Crippen LogP contribution in [0, 0.1) is 5.82 Å². The van der Waals surface area contributed by atoms with Crippen molar-refractivity contribution >= 4 is 23.4 Å². The molecule has 13 heteroatoms. The summed E-state index contributed by atoms with van der Waals surface area (Å²) in [4.78, 5) is 32.2. The molecule has 0 unspecified atom stereocenters. The molecule has 194 valence electrons. The van der Waals surface area contributed by atoms with Crippen LogP contribution in [0.2, 0.25) is 5.02 Å². The number of nitrogens with one attached hydrogen (secondary N) is 2. The summed E-state index contributed by atoms with van der Waals surface area (Å²) in [6, 6.07) is 3.87. The fraction of sp³-hybridized carbons (Fsp3) is 0.478. The number of aliphatic hydroxyl groups excluding tert-OH is 1. The largest absolute Gasteiger partial charge is 0.484 e. The van der Waals surface area contributed by atoms with E-state index in [1.807, 2.05) is 0 Å². The number of halogens is 4. The number of amides is 2. The lowest BCUT2D eigenvalue weighted by atomic mass is 9.60. The summed E-state index contributed by atoms with van der Waals surface area (Å²) in [5, 5.41) is 16.5. The van der Waals surface area contributed by atoms with Crippen molar-refractivity contribution in [2.45, 2.75) is 55.7 Å². The average Bonchev–Trinajstić information content (AvgIpc) is 2.85. The number of carbonyl (C=O) groups excluding carboxylic acids is 2. The molecule has 36 heavy (non-hydrogen) atoms. The van der Waals surface area contributed by atoms with Gasteiger partial charge < -0.3 is 25.2 Å². The Hall–Kier alpha value is -3.12. The molecule has 3 saturated carbocycles. The molecule has 2 aromatic rings. The first-order chi connectivity index (χ1) is 17.1. The molecule has 0 radical (unpaired) electrons. The van der Waals surface area contributed by atoms with Gasteiger partial charge in [0, 0.05) is 11.6 Å². The summed E-state index contributed by atoms with van der Waals surface area (Å²) in [6.07, 6.45) is 0.323. The van der Waals surface area contributed by atoms with Gasteiger partial charge in [-0.15, -0.1) is 0 Å². The van der Waals surface area contributed by atoms with Gasteiger partial charge in [-0.25, -0.2) is 23.1 Å². The van der Waals surface area contributed by atoms with E-state index in [4.69, 9.17) is 21.1 Å². The highest BCUT2D eigenvalue weighted by atomic mass is 35.5. The highest BCUT2D eigenvalue weighted by molar-refractivity contribution is 6.30. The Morgan fingerprint density at radius 2 is 1.78 bits per heavy atom. The lowest BCUT2D eigenvalue weighted by molar-refractivity contribution is -0.137. The maximum atomic E-state index is 13.5. The Bertz CT molecular complexity index is 1110. The summed E-state index contributed by atoms with van der Waals surface area (Å²) in [7, 11) is 0. The fourth-order valence-electron chi connectivity index (χ4n) is 4.68. The normalized spacial score (nSPS) is 24.9. The van der Waals surface area contributed by atoms with Crippen LogP contribution in [0.25, 0.3) is 0 Å². The molecule has 1 aromatic heterocycles. The van der Waals surface area contributed by atoms with Gasteiger partial charge >= 0.3 is 0 Å². The van der Waals surface area contributed by atoms with Crippen LogP contribution < -0.4 is 20.1 Å². The lowest BCUT2D eigenvalue weighted by Crippen LogP contribution is -2.70. The maximum absolute atomic E-state index is 13.5. The van der Waals surface area contributed by atoms with Crippen LogP contribution in [0.15, 0.2) is 30.6 Å². The van der Waals surface area contributed by atoms with Crippen molar-refractivity contribution in [2.75, 3.05) is 13.2 Å². The van der Waals surface area contributed by atoms with Gasteiger partial charge in [-0.1, -0.05) is 11.6 Å². The molecular weight excluding hydrogens is 505 g/mol. The number of hydrogen-bond acceptors (Lipinski definition) is 7. The van der Waals surface area contributed by atoms with Gasteiger partial charge in [-0.3, -0.25) is 9.59 Å². The molecule has 0 spiro atoms. The van der Waals surface area contributed by atoms with E-state index < -0.39 is 53.5 Å². The van der Waals surface area contributed by atoms with Crippen LogP contribution in [0.3, 0.4) is 0 Å². The average molecular weight is 529 g/mol. The number of benzene rings is 1. The van der Waals surface area contributed by atoms with Gasteiger partial charge in [0.05, 0.1) is 29.1 Å². The molecule has 1 heterocycles. The van der Waals surface area contributed by atoms with Crippen LogP contribution >= 0.6 is 11.6 Å². The van der Waals surface area contributed by atoms with E-state index in [1.165, 1.54) is 12.1 Å². The van der Waals surface area contributed by atoms with Crippen LogP contribution in [-0.2, 0) is 9.59 Å². The van der Waals surface area contributed by atoms with Gasteiger partial charge in [0.2, 0.25) is 5.88 Å². The Morgan fingerprint density at radius 1 is 1.08 bits per heavy atom. The van der Waals surface area contributed by atoms with E-state index >= 15 is 0 Å². The van der Waals surface area contributed by atoms with Gasteiger partial charge in [-0.2, -0.15) is 0 Å². The van der Waals surface area contributed by atoms with Crippen LogP contribution in [0.1, 0.15) is 44.2 Å². The van der Waals surface area contributed by atoms with Gasteiger partial charge in [-0.05, 0) is 44.2 Å². The predicted octanol–water partition coefficient (Wildman–Crippen LogP) is 2.71. The minimum absolute atomic E-state index is 0.0524. The monoisotopic (exact) mass is 528 g/mol. The second kappa shape index (κ2) is 10.5. The number of ether oxygens (including phenoxy) is 2. The van der Waals surface area contributed by atoms with Crippen molar-refractivity contribution in [1.82, 2.24) is 20.6 Å². The van der Waals surface area contributed by atoms with Crippen LogP contribution in [-0.4, -0.2) is 57.3 Å². The smallest absolute Gasteiger partial charge is 0.281 e. The quantitative estimate of drug-likeness (QED) is 0.457. The summed E-state index contributed by atoms with van der Waals surface area (Å²) in [5.41, 5.74) is -2.01. The number of carbonyl (C=O) groups is 2. The molecule has 0 saturated heterocycles. The van der Waals surface area contributed by atoms with Gasteiger partial charge in [0.25, 0.3) is 18.2 Å². The van der Waals surface area contributed by atoms with Crippen molar-refractivity contribution in [3.63, 3.8) is 0 Å². The Labute approximate surface area is 209 Å².